The number of rotatable bonds is 4. The average Bonchev–Trinajstić information content (AvgIpc) is 3.53. The summed E-state index contributed by atoms with van der Waals surface area (Å²) in [7, 11) is 0. The SMILES string of the molecule is CC1(C)c2ccccc2-c2ccc(N(c3ccc(-c4ccccc4)cc3)c3ccc4c(c3)C3(c5ccccc5Sc5c3ccc3ccccc53)c3ccccc3C4(C)C)cc21. The van der Waals surface area contributed by atoms with Crippen molar-refractivity contribution in [3.63, 3.8) is 0 Å². The highest BCUT2D eigenvalue weighted by molar-refractivity contribution is 7.99. The molecule has 292 valence electrons. The van der Waals surface area contributed by atoms with Crippen LogP contribution >= 0.6 is 11.8 Å². The lowest BCUT2D eigenvalue weighted by atomic mass is 9.54. The second kappa shape index (κ2) is 13.2. The molecule has 1 nitrogen and oxygen atoms in total. The molecule has 0 saturated heterocycles. The van der Waals surface area contributed by atoms with E-state index in [1.54, 1.807) is 0 Å². The van der Waals surface area contributed by atoms with Gasteiger partial charge in [-0.15, -0.1) is 0 Å². The van der Waals surface area contributed by atoms with Gasteiger partial charge < -0.3 is 4.90 Å². The first-order valence-electron chi connectivity index (χ1n) is 21.5. The zero-order valence-electron chi connectivity index (χ0n) is 34.9. The summed E-state index contributed by atoms with van der Waals surface area (Å²) in [6.45, 7) is 9.59. The van der Waals surface area contributed by atoms with Crippen LogP contribution in [0.5, 0.6) is 0 Å². The monoisotopic (exact) mass is 799 g/mol. The van der Waals surface area contributed by atoms with Gasteiger partial charge in [0.15, 0.2) is 0 Å². The van der Waals surface area contributed by atoms with Crippen LogP contribution < -0.4 is 4.90 Å². The van der Waals surface area contributed by atoms with E-state index in [2.05, 4.69) is 233 Å². The van der Waals surface area contributed by atoms with Crippen LogP contribution in [0.2, 0.25) is 0 Å². The van der Waals surface area contributed by atoms with Crippen molar-refractivity contribution in [2.24, 2.45) is 0 Å². The maximum Gasteiger partial charge on any atom is 0.0730 e. The number of nitrogens with zero attached hydrogens (tertiary/aromatic N) is 1. The molecule has 2 heteroatoms. The van der Waals surface area contributed by atoms with Crippen molar-refractivity contribution in [3.05, 3.63) is 245 Å². The molecule has 0 radical (unpaired) electrons. The van der Waals surface area contributed by atoms with Crippen molar-refractivity contribution < 1.29 is 0 Å². The van der Waals surface area contributed by atoms with Crippen molar-refractivity contribution in [2.45, 2.75) is 53.7 Å². The number of fused-ring (bicyclic) bond motifs is 13. The normalized spacial score (nSPS) is 17.1. The summed E-state index contributed by atoms with van der Waals surface area (Å²) < 4.78 is 0. The van der Waals surface area contributed by atoms with Crippen LogP contribution in [0.25, 0.3) is 33.0 Å². The van der Waals surface area contributed by atoms with Crippen LogP contribution in [0.1, 0.15) is 72.2 Å². The highest BCUT2D eigenvalue weighted by Gasteiger charge is 2.52. The molecular formula is C59H45NS. The second-order valence-electron chi connectivity index (χ2n) is 18.1. The van der Waals surface area contributed by atoms with E-state index in [4.69, 9.17) is 0 Å². The molecule has 0 fully saturated rings. The molecule has 12 rings (SSSR count). The van der Waals surface area contributed by atoms with E-state index in [1.165, 1.54) is 87.3 Å². The molecular weight excluding hydrogens is 755 g/mol. The molecule has 1 aliphatic heterocycles. The Hall–Kier alpha value is -6.61. The van der Waals surface area contributed by atoms with E-state index in [1.807, 2.05) is 11.8 Å². The fourth-order valence-corrected chi connectivity index (χ4v) is 12.6. The molecule has 9 aromatic rings. The predicted octanol–water partition coefficient (Wildman–Crippen LogP) is 15.8. The number of anilines is 3. The number of hydrogen-bond acceptors (Lipinski definition) is 2. The van der Waals surface area contributed by atoms with Gasteiger partial charge >= 0.3 is 0 Å². The molecule has 0 bridgehead atoms. The maximum absolute atomic E-state index is 2.55. The second-order valence-corrected chi connectivity index (χ2v) is 19.1. The van der Waals surface area contributed by atoms with Crippen LogP contribution in [0.3, 0.4) is 0 Å². The van der Waals surface area contributed by atoms with Gasteiger partial charge in [-0.2, -0.15) is 0 Å². The maximum atomic E-state index is 2.55. The smallest absolute Gasteiger partial charge is 0.0730 e. The Labute approximate surface area is 363 Å². The van der Waals surface area contributed by atoms with Gasteiger partial charge in [-0.1, -0.05) is 197 Å². The van der Waals surface area contributed by atoms with Gasteiger partial charge in [-0.05, 0) is 120 Å². The van der Waals surface area contributed by atoms with Crippen LogP contribution in [0, 0.1) is 0 Å². The number of hydrogen-bond donors (Lipinski definition) is 0. The van der Waals surface area contributed by atoms with Gasteiger partial charge in [-0.3, -0.25) is 0 Å². The molecule has 0 N–H and O–H groups in total. The third-order valence-corrected chi connectivity index (χ3v) is 15.4. The third-order valence-electron chi connectivity index (χ3n) is 14.2. The minimum absolute atomic E-state index is 0.131. The van der Waals surface area contributed by atoms with E-state index in [0.29, 0.717) is 0 Å². The summed E-state index contributed by atoms with van der Waals surface area (Å²) in [5.41, 5.74) is 18.5. The standard InChI is InChI=1S/C59H45NS/c1-57(2)47-21-11-10-20-45(47)46-33-31-42(36-53(46)57)60(41-29-26-39(27-30-41)38-16-6-5-7-17-38)43-32-35-49-54(37-43)59(50-23-13-12-22-48(50)58(49,3)4)51-24-14-15-25-55(51)61-56-44-19-9-8-18-40(44)28-34-52(56)59/h5-37H,1-4H3. The van der Waals surface area contributed by atoms with Gasteiger partial charge in [0.05, 0.1) is 5.41 Å². The van der Waals surface area contributed by atoms with Crippen LogP contribution in [0.4, 0.5) is 17.1 Å². The van der Waals surface area contributed by atoms with Crippen molar-refractivity contribution >= 4 is 39.6 Å². The van der Waals surface area contributed by atoms with Crippen molar-refractivity contribution in [3.8, 4) is 22.3 Å². The summed E-state index contributed by atoms with van der Waals surface area (Å²) >= 11 is 1.93. The minimum Gasteiger partial charge on any atom is -0.310 e. The highest BCUT2D eigenvalue weighted by Crippen LogP contribution is 2.63. The Morgan fingerprint density at radius 3 is 1.70 bits per heavy atom. The predicted molar refractivity (Wildman–Crippen MR) is 256 cm³/mol. The lowest BCUT2D eigenvalue weighted by Gasteiger charge is -2.50. The van der Waals surface area contributed by atoms with Crippen LogP contribution in [0.15, 0.2) is 210 Å². The first-order chi connectivity index (χ1) is 29.8. The van der Waals surface area contributed by atoms with E-state index in [-0.39, 0.29) is 10.8 Å². The molecule has 1 heterocycles. The average molecular weight is 800 g/mol. The Kier molecular flexibility index (Phi) is 7.84. The lowest BCUT2D eigenvalue weighted by molar-refractivity contribution is 0.550. The first kappa shape index (κ1) is 36.3. The highest BCUT2D eigenvalue weighted by atomic mass is 32.2. The minimum atomic E-state index is -0.553. The summed E-state index contributed by atoms with van der Waals surface area (Å²) in [4.78, 5) is 5.16. The fourth-order valence-electron chi connectivity index (χ4n) is 11.2. The quantitative estimate of drug-likeness (QED) is 0.174. The van der Waals surface area contributed by atoms with E-state index < -0.39 is 5.41 Å². The largest absolute Gasteiger partial charge is 0.310 e. The zero-order chi connectivity index (χ0) is 41.1. The molecule has 1 atom stereocenters. The first-order valence-corrected chi connectivity index (χ1v) is 22.3. The summed E-state index contributed by atoms with van der Waals surface area (Å²) in [5.74, 6) is 0. The van der Waals surface area contributed by atoms with Crippen LogP contribution in [-0.4, -0.2) is 0 Å². The van der Waals surface area contributed by atoms with Gasteiger partial charge in [0, 0.05) is 37.7 Å². The summed E-state index contributed by atoms with van der Waals surface area (Å²) in [6.07, 6.45) is 0. The molecule has 0 saturated carbocycles. The molecule has 1 spiro atoms. The Morgan fingerprint density at radius 1 is 0.361 bits per heavy atom. The fraction of sp³-hybridized carbons (Fsp3) is 0.119. The zero-order valence-corrected chi connectivity index (χ0v) is 35.7. The van der Waals surface area contributed by atoms with Crippen molar-refractivity contribution in [1.82, 2.24) is 0 Å². The van der Waals surface area contributed by atoms with Gasteiger partial charge in [0.1, 0.15) is 0 Å². The van der Waals surface area contributed by atoms with E-state index in [0.717, 1.165) is 17.1 Å². The van der Waals surface area contributed by atoms with E-state index >= 15 is 0 Å². The Bertz CT molecular complexity index is 3230. The Morgan fingerprint density at radius 2 is 0.902 bits per heavy atom. The molecule has 9 aromatic carbocycles. The van der Waals surface area contributed by atoms with Gasteiger partial charge in [0.25, 0.3) is 0 Å². The summed E-state index contributed by atoms with van der Waals surface area (Å²) in [6, 6.07) is 75.5. The number of benzene rings is 9. The molecule has 1 unspecified atom stereocenters. The Balaban J connectivity index is 1.15. The molecule has 61 heavy (non-hydrogen) atoms. The van der Waals surface area contributed by atoms with Gasteiger partial charge in [-0.25, -0.2) is 0 Å². The molecule has 3 aliphatic rings. The lowest BCUT2D eigenvalue weighted by Crippen LogP contribution is -2.43. The summed E-state index contributed by atoms with van der Waals surface area (Å²) in [5, 5.41) is 2.58. The van der Waals surface area contributed by atoms with Gasteiger partial charge in [0.2, 0.25) is 0 Å². The van der Waals surface area contributed by atoms with Crippen molar-refractivity contribution in [2.75, 3.05) is 4.90 Å². The molecule has 2 aliphatic carbocycles. The topological polar surface area (TPSA) is 3.24 Å². The molecule has 0 amide bonds. The van der Waals surface area contributed by atoms with Crippen LogP contribution in [-0.2, 0) is 16.2 Å². The van der Waals surface area contributed by atoms with Crippen molar-refractivity contribution in [1.29, 1.82) is 0 Å². The van der Waals surface area contributed by atoms with E-state index in [9.17, 15) is 0 Å². The molecule has 0 aromatic heterocycles. The third kappa shape index (κ3) is 5.09.